The average molecular weight is 168 g/mol. The molecule has 0 aliphatic heterocycles. The van der Waals surface area contributed by atoms with Crippen LogP contribution in [-0.4, -0.2) is 0 Å². The first-order valence-electron chi connectivity index (χ1n) is 4.93. The zero-order valence-electron chi connectivity index (χ0n) is 7.59. The van der Waals surface area contributed by atoms with Crippen LogP contribution in [0.2, 0.25) is 0 Å². The summed E-state index contributed by atoms with van der Waals surface area (Å²) < 4.78 is 0. The molecule has 3 rings (SSSR count). The van der Waals surface area contributed by atoms with E-state index in [0.717, 1.165) is 6.42 Å². The highest BCUT2D eigenvalue weighted by molar-refractivity contribution is 5.62. The van der Waals surface area contributed by atoms with E-state index in [-0.39, 0.29) is 0 Å². The second-order valence-corrected chi connectivity index (χ2v) is 3.75. The average Bonchev–Trinajstić information content (AvgIpc) is 2.65. The molecule has 0 spiro atoms. The second kappa shape index (κ2) is 2.59. The van der Waals surface area contributed by atoms with Crippen LogP contribution >= 0.6 is 0 Å². The summed E-state index contributed by atoms with van der Waals surface area (Å²) in [7, 11) is 0. The standard InChI is InChI=1S/C13H12/c1-2-6-12-10(4-1)8-9-11-5-3-7-13(11)12/h1,3-5,7-8H,2,6,9H2. The zero-order chi connectivity index (χ0) is 8.67. The molecule has 0 nitrogen and oxygen atoms in total. The number of hydrogen-bond donors (Lipinski definition) is 0. The molecule has 0 fully saturated rings. The SMILES string of the molecule is C1=CC2=C3CCC=CC3=CCC2=C1. The van der Waals surface area contributed by atoms with Crippen molar-refractivity contribution in [2.45, 2.75) is 19.3 Å². The van der Waals surface area contributed by atoms with Gasteiger partial charge in [-0.2, -0.15) is 0 Å². The Hall–Kier alpha value is -1.30. The van der Waals surface area contributed by atoms with Gasteiger partial charge >= 0.3 is 0 Å². The van der Waals surface area contributed by atoms with E-state index in [0.29, 0.717) is 0 Å². The van der Waals surface area contributed by atoms with Gasteiger partial charge in [-0.3, -0.25) is 0 Å². The van der Waals surface area contributed by atoms with Gasteiger partial charge in [0.1, 0.15) is 0 Å². The maximum atomic E-state index is 2.35. The van der Waals surface area contributed by atoms with Crippen molar-refractivity contribution >= 4 is 0 Å². The molecule has 0 heteroatoms. The van der Waals surface area contributed by atoms with Gasteiger partial charge in [-0.25, -0.2) is 0 Å². The highest BCUT2D eigenvalue weighted by Crippen LogP contribution is 2.38. The Labute approximate surface area is 78.7 Å². The van der Waals surface area contributed by atoms with E-state index in [1.807, 2.05) is 0 Å². The van der Waals surface area contributed by atoms with Crippen molar-refractivity contribution in [3.8, 4) is 0 Å². The summed E-state index contributed by atoms with van der Waals surface area (Å²) in [4.78, 5) is 0. The topological polar surface area (TPSA) is 0 Å². The van der Waals surface area contributed by atoms with Gasteiger partial charge < -0.3 is 0 Å². The Bertz CT molecular complexity index is 398. The third-order valence-electron chi connectivity index (χ3n) is 2.98. The molecule has 0 unspecified atom stereocenters. The van der Waals surface area contributed by atoms with Crippen LogP contribution < -0.4 is 0 Å². The summed E-state index contributed by atoms with van der Waals surface area (Å²) in [5, 5.41) is 0. The van der Waals surface area contributed by atoms with E-state index >= 15 is 0 Å². The molecule has 0 aromatic heterocycles. The van der Waals surface area contributed by atoms with Crippen LogP contribution in [0.5, 0.6) is 0 Å². The third-order valence-corrected chi connectivity index (χ3v) is 2.98. The number of hydrogen-bond acceptors (Lipinski definition) is 0. The Kier molecular flexibility index (Phi) is 1.42. The van der Waals surface area contributed by atoms with E-state index < -0.39 is 0 Å². The van der Waals surface area contributed by atoms with Crippen LogP contribution in [0.25, 0.3) is 0 Å². The van der Waals surface area contributed by atoms with Gasteiger partial charge in [-0.1, -0.05) is 36.5 Å². The monoisotopic (exact) mass is 168 g/mol. The molecule has 0 bridgehead atoms. The van der Waals surface area contributed by atoms with E-state index in [1.54, 1.807) is 5.57 Å². The highest BCUT2D eigenvalue weighted by Gasteiger charge is 2.19. The summed E-state index contributed by atoms with van der Waals surface area (Å²) in [6.45, 7) is 0. The maximum absolute atomic E-state index is 2.35. The molecule has 0 amide bonds. The minimum Gasteiger partial charge on any atom is -0.0836 e. The van der Waals surface area contributed by atoms with Gasteiger partial charge in [0.25, 0.3) is 0 Å². The lowest BCUT2D eigenvalue weighted by Crippen LogP contribution is -2.02. The van der Waals surface area contributed by atoms with Crippen LogP contribution in [0, 0.1) is 0 Å². The minimum atomic E-state index is 1.12. The summed E-state index contributed by atoms with van der Waals surface area (Å²) in [5.41, 5.74) is 6.04. The molecular weight excluding hydrogens is 156 g/mol. The predicted octanol–water partition coefficient (Wildman–Crippen LogP) is 3.46. The fourth-order valence-electron chi connectivity index (χ4n) is 2.31. The Morgan fingerprint density at radius 2 is 2.15 bits per heavy atom. The van der Waals surface area contributed by atoms with Crippen molar-refractivity contribution in [3.05, 3.63) is 58.7 Å². The molecule has 0 saturated carbocycles. The zero-order valence-corrected chi connectivity index (χ0v) is 7.59. The molecule has 13 heavy (non-hydrogen) atoms. The predicted molar refractivity (Wildman–Crippen MR) is 55.3 cm³/mol. The van der Waals surface area contributed by atoms with E-state index in [4.69, 9.17) is 0 Å². The molecule has 3 aliphatic carbocycles. The van der Waals surface area contributed by atoms with Gasteiger partial charge in [-0.05, 0) is 41.6 Å². The molecule has 3 aliphatic rings. The minimum absolute atomic E-state index is 1.12. The molecular formula is C13H12. The highest BCUT2D eigenvalue weighted by atomic mass is 14.2. The maximum Gasteiger partial charge on any atom is -0.00823 e. The lowest BCUT2D eigenvalue weighted by molar-refractivity contribution is 0.938. The lowest BCUT2D eigenvalue weighted by Gasteiger charge is -2.21. The first kappa shape index (κ1) is 7.14. The summed E-state index contributed by atoms with van der Waals surface area (Å²) in [6.07, 6.45) is 17.1. The molecule has 0 aromatic carbocycles. The summed E-state index contributed by atoms with van der Waals surface area (Å²) in [6, 6.07) is 0. The van der Waals surface area contributed by atoms with Crippen molar-refractivity contribution in [1.82, 2.24) is 0 Å². The lowest BCUT2D eigenvalue weighted by atomic mass is 9.83. The van der Waals surface area contributed by atoms with Crippen molar-refractivity contribution in [1.29, 1.82) is 0 Å². The fourth-order valence-corrected chi connectivity index (χ4v) is 2.31. The molecule has 0 heterocycles. The van der Waals surface area contributed by atoms with Crippen LogP contribution in [-0.2, 0) is 0 Å². The first-order chi connectivity index (χ1) is 6.45. The van der Waals surface area contributed by atoms with Crippen molar-refractivity contribution < 1.29 is 0 Å². The van der Waals surface area contributed by atoms with Crippen LogP contribution in [0.15, 0.2) is 58.7 Å². The van der Waals surface area contributed by atoms with Crippen LogP contribution in [0.3, 0.4) is 0 Å². The van der Waals surface area contributed by atoms with Gasteiger partial charge in [0.15, 0.2) is 0 Å². The Morgan fingerprint density at radius 1 is 1.15 bits per heavy atom. The van der Waals surface area contributed by atoms with Gasteiger partial charge in [0.05, 0.1) is 0 Å². The Balaban J connectivity index is 2.18. The number of rotatable bonds is 0. The molecule has 64 valence electrons. The molecule has 0 N–H and O–H groups in total. The van der Waals surface area contributed by atoms with E-state index in [9.17, 15) is 0 Å². The molecule has 0 atom stereocenters. The summed E-state index contributed by atoms with van der Waals surface area (Å²) >= 11 is 0. The number of allylic oxidation sites excluding steroid dienone is 10. The van der Waals surface area contributed by atoms with Crippen molar-refractivity contribution in [2.24, 2.45) is 0 Å². The second-order valence-electron chi connectivity index (χ2n) is 3.75. The third kappa shape index (κ3) is 0.983. The Morgan fingerprint density at radius 3 is 3.15 bits per heavy atom. The normalized spacial score (nSPS) is 24.0. The van der Waals surface area contributed by atoms with Crippen molar-refractivity contribution in [2.75, 3.05) is 0 Å². The summed E-state index contributed by atoms with van der Waals surface area (Å²) in [5.74, 6) is 0. The van der Waals surface area contributed by atoms with Crippen LogP contribution in [0.4, 0.5) is 0 Å². The fraction of sp³-hybridized carbons (Fsp3) is 0.231. The molecule has 0 saturated heterocycles. The van der Waals surface area contributed by atoms with E-state index in [1.165, 1.54) is 29.6 Å². The van der Waals surface area contributed by atoms with Gasteiger partial charge in [0, 0.05) is 0 Å². The first-order valence-corrected chi connectivity index (χ1v) is 4.93. The van der Waals surface area contributed by atoms with Crippen molar-refractivity contribution in [3.63, 3.8) is 0 Å². The van der Waals surface area contributed by atoms with E-state index in [2.05, 4.69) is 36.5 Å². The van der Waals surface area contributed by atoms with Gasteiger partial charge in [-0.15, -0.1) is 0 Å². The molecule has 0 aromatic rings. The quantitative estimate of drug-likeness (QED) is 0.519. The van der Waals surface area contributed by atoms with Crippen LogP contribution in [0.1, 0.15) is 19.3 Å². The smallest absolute Gasteiger partial charge is 0.00823 e. The largest absolute Gasteiger partial charge is 0.0836 e. The number of fused-ring (bicyclic) bond motifs is 2. The van der Waals surface area contributed by atoms with Gasteiger partial charge in [0.2, 0.25) is 0 Å². The molecule has 0 radical (unpaired) electrons.